The van der Waals surface area contributed by atoms with E-state index in [0.29, 0.717) is 17.3 Å². The molecule has 4 rings (SSSR count). The Hall–Kier alpha value is -3.67. The Bertz CT molecular complexity index is 1330. The third-order valence-corrected chi connectivity index (χ3v) is 6.12. The van der Waals surface area contributed by atoms with Gasteiger partial charge in [0, 0.05) is 23.9 Å². The molecule has 2 heterocycles. The molecular weight excluding hydrogens is 469 g/mol. The Kier molecular flexibility index (Phi) is 6.42. The highest BCUT2D eigenvalue weighted by Crippen LogP contribution is 2.39. The zero-order chi connectivity index (χ0) is 24.5. The highest BCUT2D eigenvalue weighted by atomic mass is 32.2. The maximum Gasteiger partial charge on any atom is 0.434 e. The monoisotopic (exact) mass is 488 g/mol. The normalized spacial score (nSPS) is 11.7. The molecule has 4 aromatic rings. The van der Waals surface area contributed by atoms with Crippen LogP contribution in [0.25, 0.3) is 17.1 Å². The van der Waals surface area contributed by atoms with Crippen LogP contribution in [0.2, 0.25) is 0 Å². The number of nitro groups is 1. The van der Waals surface area contributed by atoms with E-state index < -0.39 is 16.8 Å². The molecule has 0 amide bonds. The fourth-order valence-corrected chi connectivity index (χ4v) is 4.57. The predicted molar refractivity (Wildman–Crippen MR) is 121 cm³/mol. The fourth-order valence-electron chi connectivity index (χ4n) is 3.58. The van der Waals surface area contributed by atoms with Crippen LogP contribution < -0.4 is 0 Å². The van der Waals surface area contributed by atoms with E-state index in [1.807, 2.05) is 6.92 Å². The molecule has 8 nitrogen and oxygen atoms in total. The molecule has 2 aromatic heterocycles. The topological polar surface area (TPSA) is 91.7 Å². The van der Waals surface area contributed by atoms with Crippen LogP contribution >= 0.6 is 11.8 Å². The van der Waals surface area contributed by atoms with Crippen LogP contribution in [-0.2, 0) is 18.5 Å². The predicted octanol–water partition coefficient (Wildman–Crippen LogP) is 5.68. The van der Waals surface area contributed by atoms with Crippen LogP contribution in [0.3, 0.4) is 0 Å². The van der Waals surface area contributed by atoms with Gasteiger partial charge in [-0.25, -0.2) is 4.68 Å². The standard InChI is InChI=1S/C22H19F3N6O2S/c1-3-29-20(17-12-26-30(19(17)22(23,24)25)16-7-5-4-6-8-16)27-28-21(29)34-13-15-11-14(2)9-10-18(15)31(32)33/h4-12H,3,13H2,1-2H3. The summed E-state index contributed by atoms with van der Waals surface area (Å²) in [6.07, 6.45) is -3.56. The van der Waals surface area contributed by atoms with Crippen molar-refractivity contribution in [2.75, 3.05) is 0 Å². The van der Waals surface area contributed by atoms with Crippen LogP contribution in [0.1, 0.15) is 23.7 Å². The quantitative estimate of drug-likeness (QED) is 0.189. The van der Waals surface area contributed by atoms with E-state index in [1.165, 1.54) is 30.0 Å². The molecule has 0 fully saturated rings. The molecule has 34 heavy (non-hydrogen) atoms. The lowest BCUT2D eigenvalue weighted by molar-refractivity contribution is -0.385. The second kappa shape index (κ2) is 9.29. The average molecular weight is 488 g/mol. The summed E-state index contributed by atoms with van der Waals surface area (Å²) in [5, 5.41) is 23.8. The summed E-state index contributed by atoms with van der Waals surface area (Å²) in [4.78, 5) is 10.9. The fraction of sp³-hybridized carbons (Fsp3) is 0.227. The van der Waals surface area contributed by atoms with Crippen molar-refractivity contribution in [3.8, 4) is 17.1 Å². The molecule has 0 radical (unpaired) electrons. The minimum Gasteiger partial charge on any atom is -0.302 e. The van der Waals surface area contributed by atoms with Gasteiger partial charge in [0.05, 0.1) is 22.4 Å². The number of aromatic nitrogens is 5. The Morgan fingerprint density at radius 3 is 2.50 bits per heavy atom. The van der Waals surface area contributed by atoms with Gasteiger partial charge >= 0.3 is 6.18 Å². The first kappa shape index (κ1) is 23.5. The summed E-state index contributed by atoms with van der Waals surface area (Å²) in [5.41, 5.74) is 0.456. The lowest BCUT2D eigenvalue weighted by Crippen LogP contribution is -2.15. The number of hydrogen-bond acceptors (Lipinski definition) is 6. The first-order valence-corrected chi connectivity index (χ1v) is 11.2. The number of aryl methyl sites for hydroxylation is 1. The van der Waals surface area contributed by atoms with Crippen molar-refractivity contribution >= 4 is 17.4 Å². The number of nitro benzene ring substituents is 1. The van der Waals surface area contributed by atoms with Crippen molar-refractivity contribution in [2.24, 2.45) is 0 Å². The Morgan fingerprint density at radius 2 is 1.85 bits per heavy atom. The van der Waals surface area contributed by atoms with Crippen molar-refractivity contribution in [2.45, 2.75) is 37.5 Å². The SMILES string of the molecule is CCn1c(SCc2cc(C)ccc2[N+](=O)[O-])nnc1-c1cnn(-c2ccccc2)c1C(F)(F)F. The zero-order valence-corrected chi connectivity index (χ0v) is 19.0. The summed E-state index contributed by atoms with van der Waals surface area (Å²) in [7, 11) is 0. The second-order valence-corrected chi connectivity index (χ2v) is 8.32. The molecule has 2 aromatic carbocycles. The number of para-hydroxylation sites is 1. The Labute approximate surface area is 196 Å². The Balaban J connectivity index is 1.73. The molecule has 176 valence electrons. The van der Waals surface area contributed by atoms with Gasteiger partial charge in [0.15, 0.2) is 16.7 Å². The van der Waals surface area contributed by atoms with Gasteiger partial charge in [-0.2, -0.15) is 18.3 Å². The maximum absolute atomic E-state index is 14.1. The summed E-state index contributed by atoms with van der Waals surface area (Å²) >= 11 is 1.17. The molecule has 0 atom stereocenters. The number of halogens is 3. The van der Waals surface area contributed by atoms with Gasteiger partial charge in [-0.05, 0) is 32.0 Å². The van der Waals surface area contributed by atoms with Crippen molar-refractivity contribution in [1.29, 1.82) is 0 Å². The number of nitrogens with zero attached hydrogens (tertiary/aromatic N) is 6. The van der Waals surface area contributed by atoms with Crippen molar-refractivity contribution in [3.63, 3.8) is 0 Å². The molecule has 0 saturated heterocycles. The number of hydrogen-bond donors (Lipinski definition) is 0. The molecule has 0 spiro atoms. The first-order chi connectivity index (χ1) is 16.2. The Morgan fingerprint density at radius 1 is 1.12 bits per heavy atom. The molecule has 0 N–H and O–H groups in total. The molecule has 0 saturated carbocycles. The minimum atomic E-state index is -4.69. The van der Waals surface area contributed by atoms with Gasteiger partial charge in [-0.3, -0.25) is 10.1 Å². The molecule has 12 heteroatoms. The summed E-state index contributed by atoms with van der Waals surface area (Å²) in [6, 6.07) is 12.8. The van der Waals surface area contributed by atoms with E-state index in [2.05, 4.69) is 15.3 Å². The number of alkyl halides is 3. The van der Waals surface area contributed by atoms with Crippen molar-refractivity contribution in [1.82, 2.24) is 24.5 Å². The van der Waals surface area contributed by atoms with E-state index in [9.17, 15) is 23.3 Å². The van der Waals surface area contributed by atoms with E-state index >= 15 is 0 Å². The van der Waals surface area contributed by atoms with Crippen LogP contribution in [0.4, 0.5) is 18.9 Å². The summed E-state index contributed by atoms with van der Waals surface area (Å²) in [5.74, 6) is 0.240. The van der Waals surface area contributed by atoms with Gasteiger partial charge < -0.3 is 4.57 Å². The highest BCUT2D eigenvalue weighted by molar-refractivity contribution is 7.98. The molecule has 0 aliphatic rings. The van der Waals surface area contributed by atoms with Gasteiger partial charge in [-0.1, -0.05) is 41.6 Å². The summed E-state index contributed by atoms with van der Waals surface area (Å²) in [6.45, 7) is 3.89. The lowest BCUT2D eigenvalue weighted by Gasteiger charge is -2.13. The van der Waals surface area contributed by atoms with Gasteiger partial charge in [0.25, 0.3) is 5.69 Å². The van der Waals surface area contributed by atoms with Crippen LogP contribution in [0.5, 0.6) is 0 Å². The van der Waals surface area contributed by atoms with E-state index in [1.54, 1.807) is 41.8 Å². The molecular formula is C22H19F3N6O2S. The van der Waals surface area contributed by atoms with Crippen molar-refractivity contribution in [3.05, 3.63) is 81.7 Å². The summed E-state index contributed by atoms with van der Waals surface area (Å²) < 4.78 is 44.7. The van der Waals surface area contributed by atoms with Crippen LogP contribution in [0, 0.1) is 17.0 Å². The average Bonchev–Trinajstić information content (AvgIpc) is 3.42. The first-order valence-electron chi connectivity index (χ1n) is 10.2. The number of rotatable bonds is 7. The maximum atomic E-state index is 14.1. The number of benzene rings is 2. The molecule has 0 aliphatic carbocycles. The highest BCUT2D eigenvalue weighted by Gasteiger charge is 2.40. The third kappa shape index (κ3) is 4.53. The smallest absolute Gasteiger partial charge is 0.302 e. The van der Waals surface area contributed by atoms with E-state index in [-0.39, 0.29) is 28.5 Å². The largest absolute Gasteiger partial charge is 0.434 e. The van der Waals surface area contributed by atoms with Gasteiger partial charge in [-0.15, -0.1) is 10.2 Å². The third-order valence-electron chi connectivity index (χ3n) is 5.10. The van der Waals surface area contributed by atoms with E-state index in [4.69, 9.17) is 0 Å². The molecule has 0 unspecified atom stereocenters. The zero-order valence-electron chi connectivity index (χ0n) is 18.2. The van der Waals surface area contributed by atoms with Crippen molar-refractivity contribution < 1.29 is 18.1 Å². The van der Waals surface area contributed by atoms with Gasteiger partial charge in [0.1, 0.15) is 0 Å². The van der Waals surface area contributed by atoms with E-state index in [0.717, 1.165) is 16.4 Å². The van der Waals surface area contributed by atoms with Gasteiger partial charge in [0.2, 0.25) is 0 Å². The van der Waals surface area contributed by atoms with Crippen LogP contribution in [-0.4, -0.2) is 29.5 Å². The van der Waals surface area contributed by atoms with Crippen LogP contribution in [0.15, 0.2) is 59.9 Å². The number of thioether (sulfide) groups is 1. The molecule has 0 bridgehead atoms. The lowest BCUT2D eigenvalue weighted by atomic mass is 10.1. The second-order valence-electron chi connectivity index (χ2n) is 7.38. The molecule has 0 aliphatic heterocycles. The minimum absolute atomic E-state index is 0.0237.